The lowest BCUT2D eigenvalue weighted by Crippen LogP contribution is -2.36. The van der Waals surface area contributed by atoms with Crippen molar-refractivity contribution in [1.29, 1.82) is 0 Å². The molecular weight excluding hydrogens is 276 g/mol. The van der Waals surface area contributed by atoms with Gasteiger partial charge in [0.05, 0.1) is 5.52 Å². The number of para-hydroxylation sites is 1. The Labute approximate surface area is 130 Å². The molecule has 0 bridgehead atoms. The van der Waals surface area contributed by atoms with E-state index in [-0.39, 0.29) is 24.7 Å². The molecule has 22 heavy (non-hydrogen) atoms. The van der Waals surface area contributed by atoms with Crippen LogP contribution >= 0.6 is 0 Å². The fraction of sp³-hybridized carbons (Fsp3) is 0.444. The lowest BCUT2D eigenvalue weighted by molar-refractivity contribution is -0.122. The van der Waals surface area contributed by atoms with Crippen molar-refractivity contribution in [2.45, 2.75) is 51.0 Å². The number of hydrogen-bond donors (Lipinski definition) is 1. The van der Waals surface area contributed by atoms with Gasteiger partial charge < -0.3 is 5.32 Å². The Morgan fingerprint density at radius 2 is 1.82 bits per heavy atom. The molecule has 1 aliphatic carbocycles. The van der Waals surface area contributed by atoms with Crippen molar-refractivity contribution in [1.82, 2.24) is 9.88 Å². The summed E-state index contributed by atoms with van der Waals surface area (Å²) in [7, 11) is 0. The van der Waals surface area contributed by atoms with E-state index in [1.165, 1.54) is 19.3 Å². The maximum atomic E-state index is 12.3. The first kappa shape index (κ1) is 14.8. The number of amides is 1. The van der Waals surface area contributed by atoms with Crippen LogP contribution in [0.4, 0.5) is 0 Å². The Morgan fingerprint density at radius 3 is 2.64 bits per heavy atom. The second kappa shape index (κ2) is 6.77. The molecule has 2 aromatic rings. The maximum Gasteiger partial charge on any atom is 0.231 e. The molecule has 1 aliphatic rings. The lowest BCUT2D eigenvalue weighted by Gasteiger charge is -2.22. The van der Waals surface area contributed by atoms with E-state index in [0.717, 1.165) is 23.7 Å². The first-order valence-corrected chi connectivity index (χ1v) is 8.13. The average Bonchev–Trinajstić information content (AvgIpc) is 2.98. The van der Waals surface area contributed by atoms with Crippen LogP contribution in [0.1, 0.15) is 49.7 Å². The van der Waals surface area contributed by atoms with Crippen molar-refractivity contribution in [3.63, 3.8) is 0 Å². The van der Waals surface area contributed by atoms with Gasteiger partial charge in [0.15, 0.2) is 0 Å². The Hall–Kier alpha value is -2.10. The van der Waals surface area contributed by atoms with Crippen molar-refractivity contribution in [2.24, 2.45) is 0 Å². The summed E-state index contributed by atoms with van der Waals surface area (Å²) >= 11 is 0. The molecule has 1 aromatic carbocycles. The van der Waals surface area contributed by atoms with Gasteiger partial charge in [-0.15, -0.1) is 0 Å². The minimum atomic E-state index is -0.0278. The van der Waals surface area contributed by atoms with Gasteiger partial charge in [0.1, 0.15) is 0 Å². The molecule has 0 spiro atoms. The summed E-state index contributed by atoms with van der Waals surface area (Å²) in [5, 5.41) is 4.10. The van der Waals surface area contributed by atoms with Crippen molar-refractivity contribution in [3.8, 4) is 0 Å². The number of fused-ring (bicyclic) bond motifs is 1. The minimum Gasteiger partial charge on any atom is -0.353 e. The highest BCUT2D eigenvalue weighted by Crippen LogP contribution is 2.18. The summed E-state index contributed by atoms with van der Waals surface area (Å²) in [6.07, 6.45) is 8.10. The number of rotatable bonds is 4. The van der Waals surface area contributed by atoms with E-state index in [1.807, 2.05) is 30.3 Å². The number of hydrogen-bond acceptors (Lipinski definition) is 2. The van der Waals surface area contributed by atoms with Crippen molar-refractivity contribution in [2.75, 3.05) is 0 Å². The number of carbonyl (C=O) groups is 2. The molecule has 116 valence electrons. The van der Waals surface area contributed by atoms with E-state index in [9.17, 15) is 9.59 Å². The van der Waals surface area contributed by atoms with E-state index in [2.05, 4.69) is 5.32 Å². The van der Waals surface area contributed by atoms with Gasteiger partial charge in [-0.1, -0.05) is 37.5 Å². The third kappa shape index (κ3) is 3.38. The number of nitrogens with zero attached hydrogens (tertiary/aromatic N) is 1. The van der Waals surface area contributed by atoms with Crippen LogP contribution in [-0.4, -0.2) is 22.4 Å². The van der Waals surface area contributed by atoms with Gasteiger partial charge in [-0.25, -0.2) is 0 Å². The van der Waals surface area contributed by atoms with Crippen LogP contribution < -0.4 is 5.32 Å². The summed E-state index contributed by atoms with van der Waals surface area (Å²) in [6, 6.07) is 10.0. The molecule has 1 aromatic heterocycles. The highest BCUT2D eigenvalue weighted by Gasteiger charge is 2.17. The molecule has 1 N–H and O–H groups in total. The SMILES string of the molecule is O=C(CCC(=O)n1ccc2ccccc21)NC1CCCCC1. The standard InChI is InChI=1S/C18H22N2O2/c21-17(19-15-7-2-1-3-8-15)10-11-18(22)20-13-12-14-6-4-5-9-16(14)20/h4-6,9,12-13,15H,1-3,7-8,10-11H2,(H,19,21). The number of carbonyl (C=O) groups excluding carboxylic acids is 2. The molecule has 0 radical (unpaired) electrons. The van der Waals surface area contributed by atoms with E-state index in [0.29, 0.717) is 6.04 Å². The Morgan fingerprint density at radius 1 is 1.05 bits per heavy atom. The zero-order valence-corrected chi connectivity index (χ0v) is 12.8. The van der Waals surface area contributed by atoms with Crippen LogP contribution in [0.15, 0.2) is 36.5 Å². The van der Waals surface area contributed by atoms with Gasteiger partial charge in [-0.05, 0) is 25.0 Å². The van der Waals surface area contributed by atoms with Crippen LogP contribution in [0, 0.1) is 0 Å². The minimum absolute atomic E-state index is 0.00304. The Bertz CT molecular complexity index is 669. The van der Waals surface area contributed by atoms with Crippen LogP contribution in [0.5, 0.6) is 0 Å². The van der Waals surface area contributed by atoms with Gasteiger partial charge >= 0.3 is 0 Å². The largest absolute Gasteiger partial charge is 0.353 e. The van der Waals surface area contributed by atoms with Crippen molar-refractivity contribution in [3.05, 3.63) is 36.5 Å². The van der Waals surface area contributed by atoms with Gasteiger partial charge in [-0.2, -0.15) is 0 Å². The molecule has 1 amide bonds. The summed E-state index contributed by atoms with van der Waals surface area (Å²) in [5.74, 6) is -0.0308. The van der Waals surface area contributed by atoms with Crippen molar-refractivity contribution < 1.29 is 9.59 Å². The molecule has 0 unspecified atom stereocenters. The highest BCUT2D eigenvalue weighted by molar-refractivity contribution is 5.93. The smallest absolute Gasteiger partial charge is 0.231 e. The molecule has 0 atom stereocenters. The maximum absolute atomic E-state index is 12.3. The van der Waals surface area contributed by atoms with Gasteiger partial charge in [0.2, 0.25) is 11.8 Å². The quantitative estimate of drug-likeness (QED) is 0.939. The van der Waals surface area contributed by atoms with Gasteiger partial charge in [0, 0.05) is 30.5 Å². The molecule has 1 saturated carbocycles. The van der Waals surface area contributed by atoms with Crippen LogP contribution in [-0.2, 0) is 4.79 Å². The molecule has 0 aliphatic heterocycles. The Kier molecular flexibility index (Phi) is 4.56. The summed E-state index contributed by atoms with van der Waals surface area (Å²) in [4.78, 5) is 24.3. The third-order valence-electron chi connectivity index (χ3n) is 4.40. The Balaban J connectivity index is 1.54. The van der Waals surface area contributed by atoms with E-state index in [1.54, 1.807) is 10.8 Å². The normalized spacial score (nSPS) is 15.8. The summed E-state index contributed by atoms with van der Waals surface area (Å²) < 4.78 is 1.64. The van der Waals surface area contributed by atoms with Gasteiger partial charge in [-0.3, -0.25) is 14.2 Å². The molecule has 4 heteroatoms. The second-order valence-electron chi connectivity index (χ2n) is 6.04. The molecule has 0 saturated heterocycles. The predicted octanol–water partition coefficient (Wildman–Crippen LogP) is 3.51. The van der Waals surface area contributed by atoms with Crippen LogP contribution in [0.25, 0.3) is 10.9 Å². The average molecular weight is 298 g/mol. The zero-order valence-electron chi connectivity index (χ0n) is 12.8. The fourth-order valence-electron chi connectivity index (χ4n) is 3.19. The highest BCUT2D eigenvalue weighted by atomic mass is 16.2. The van der Waals surface area contributed by atoms with Crippen LogP contribution in [0.3, 0.4) is 0 Å². The summed E-state index contributed by atoms with van der Waals surface area (Å²) in [5.41, 5.74) is 0.903. The molecule has 4 nitrogen and oxygen atoms in total. The summed E-state index contributed by atoms with van der Waals surface area (Å²) in [6.45, 7) is 0. The third-order valence-corrected chi connectivity index (χ3v) is 4.40. The topological polar surface area (TPSA) is 51.1 Å². The predicted molar refractivity (Wildman–Crippen MR) is 86.8 cm³/mol. The van der Waals surface area contributed by atoms with E-state index in [4.69, 9.17) is 0 Å². The second-order valence-corrected chi connectivity index (χ2v) is 6.04. The monoisotopic (exact) mass is 298 g/mol. The molecular formula is C18H22N2O2. The van der Waals surface area contributed by atoms with Crippen molar-refractivity contribution >= 4 is 22.7 Å². The van der Waals surface area contributed by atoms with E-state index < -0.39 is 0 Å². The van der Waals surface area contributed by atoms with E-state index >= 15 is 0 Å². The van der Waals surface area contributed by atoms with Gasteiger partial charge in [0.25, 0.3) is 0 Å². The van der Waals surface area contributed by atoms with Crippen LogP contribution in [0.2, 0.25) is 0 Å². The number of aromatic nitrogens is 1. The zero-order chi connectivity index (χ0) is 15.4. The lowest BCUT2D eigenvalue weighted by atomic mass is 9.95. The molecule has 1 heterocycles. The molecule has 3 rings (SSSR count). The number of benzene rings is 1. The number of nitrogens with one attached hydrogen (secondary N) is 1. The molecule has 1 fully saturated rings. The first-order chi connectivity index (χ1) is 10.7. The fourth-order valence-corrected chi connectivity index (χ4v) is 3.19. The first-order valence-electron chi connectivity index (χ1n) is 8.13.